The van der Waals surface area contributed by atoms with Crippen molar-refractivity contribution < 1.29 is 19.4 Å². The van der Waals surface area contributed by atoms with Gasteiger partial charge in [0.2, 0.25) is 0 Å². The lowest BCUT2D eigenvalue weighted by Crippen LogP contribution is -2.18. The fourth-order valence-corrected chi connectivity index (χ4v) is 5.31. The highest BCUT2D eigenvalue weighted by atomic mass is 16.5. The second kappa shape index (κ2) is 38.6. The predicted molar refractivity (Wildman–Crippen MR) is 208 cm³/mol. The Balaban J connectivity index is 4.18. The zero-order valence-electron chi connectivity index (χ0n) is 31.0. The molecule has 0 aliphatic rings. The Morgan fingerprint density at radius 1 is 0.458 bits per heavy atom. The van der Waals surface area contributed by atoms with Gasteiger partial charge < -0.3 is 9.84 Å². The van der Waals surface area contributed by atoms with E-state index in [1.807, 2.05) is 0 Å². The standard InChI is InChI=1S/C44H72O4/c1-3-5-7-9-11-13-15-17-18-19-20-22-24-26-28-33-37-41-44(47)48-42(39-35-31-29-32-36-40-43(45)46)38-34-30-27-25-23-21-16-14-12-10-8-6-4-2/h5-8,11-14,17-18,21,23,27,30,42H,3-4,9-10,15-16,19-20,22,24-26,28-29,31-41H2,1-2H3,(H,45,46)/b7-5-,8-6-,13-11-,14-12-,18-17-,23-21-,30-27-. The Morgan fingerprint density at radius 3 is 1.35 bits per heavy atom. The van der Waals surface area contributed by atoms with Crippen molar-refractivity contribution in [2.75, 3.05) is 0 Å². The van der Waals surface area contributed by atoms with E-state index in [4.69, 9.17) is 9.84 Å². The molecule has 0 aliphatic heterocycles. The van der Waals surface area contributed by atoms with Crippen molar-refractivity contribution in [1.82, 2.24) is 0 Å². The fraction of sp³-hybridized carbons (Fsp3) is 0.636. The van der Waals surface area contributed by atoms with Gasteiger partial charge in [0.25, 0.3) is 0 Å². The van der Waals surface area contributed by atoms with E-state index in [1.54, 1.807) is 0 Å². The molecule has 0 bridgehead atoms. The Morgan fingerprint density at radius 2 is 0.854 bits per heavy atom. The highest BCUT2D eigenvalue weighted by molar-refractivity contribution is 5.69. The van der Waals surface area contributed by atoms with Crippen molar-refractivity contribution in [3.05, 3.63) is 85.1 Å². The minimum absolute atomic E-state index is 0.0309. The summed E-state index contributed by atoms with van der Waals surface area (Å²) in [6, 6.07) is 0. The van der Waals surface area contributed by atoms with Crippen LogP contribution in [0.5, 0.6) is 0 Å². The largest absolute Gasteiger partial charge is 0.481 e. The van der Waals surface area contributed by atoms with Crippen LogP contribution in [0, 0.1) is 0 Å². The van der Waals surface area contributed by atoms with Crippen molar-refractivity contribution in [2.45, 2.75) is 180 Å². The monoisotopic (exact) mass is 665 g/mol. The average Bonchev–Trinajstić information content (AvgIpc) is 3.07. The molecular weight excluding hydrogens is 592 g/mol. The van der Waals surface area contributed by atoms with E-state index in [-0.39, 0.29) is 18.5 Å². The third-order valence-corrected chi connectivity index (χ3v) is 8.12. The lowest BCUT2D eigenvalue weighted by molar-refractivity contribution is -0.150. The number of carbonyl (C=O) groups is 2. The summed E-state index contributed by atoms with van der Waals surface area (Å²) in [6.07, 6.45) is 56.0. The van der Waals surface area contributed by atoms with E-state index in [9.17, 15) is 9.59 Å². The number of esters is 1. The van der Waals surface area contributed by atoms with Crippen molar-refractivity contribution >= 4 is 11.9 Å². The van der Waals surface area contributed by atoms with Crippen LogP contribution in [0.1, 0.15) is 174 Å². The quantitative estimate of drug-likeness (QED) is 0.0422. The first-order chi connectivity index (χ1) is 23.6. The minimum atomic E-state index is -0.716. The summed E-state index contributed by atoms with van der Waals surface area (Å²) in [4.78, 5) is 23.4. The Labute approximate surface area is 296 Å². The summed E-state index contributed by atoms with van der Waals surface area (Å²) < 4.78 is 5.96. The zero-order valence-corrected chi connectivity index (χ0v) is 31.0. The van der Waals surface area contributed by atoms with Crippen LogP contribution in [0.3, 0.4) is 0 Å². The molecule has 0 aromatic carbocycles. The van der Waals surface area contributed by atoms with Crippen LogP contribution in [-0.2, 0) is 14.3 Å². The highest BCUT2D eigenvalue weighted by Crippen LogP contribution is 2.17. The molecule has 0 fully saturated rings. The van der Waals surface area contributed by atoms with Gasteiger partial charge >= 0.3 is 11.9 Å². The smallest absolute Gasteiger partial charge is 0.306 e. The summed E-state index contributed by atoms with van der Waals surface area (Å²) in [5.74, 6) is -0.766. The van der Waals surface area contributed by atoms with Crippen LogP contribution in [0.15, 0.2) is 85.1 Å². The molecule has 0 heterocycles. The molecule has 0 radical (unpaired) electrons. The van der Waals surface area contributed by atoms with Crippen molar-refractivity contribution in [1.29, 1.82) is 0 Å². The van der Waals surface area contributed by atoms with Crippen molar-refractivity contribution in [2.24, 2.45) is 0 Å². The molecule has 0 aromatic heterocycles. The molecule has 0 aliphatic carbocycles. The molecular formula is C44H72O4. The molecule has 0 saturated heterocycles. The van der Waals surface area contributed by atoms with Crippen LogP contribution in [0.2, 0.25) is 0 Å². The van der Waals surface area contributed by atoms with Crippen molar-refractivity contribution in [3.8, 4) is 0 Å². The molecule has 4 nitrogen and oxygen atoms in total. The van der Waals surface area contributed by atoms with Crippen LogP contribution < -0.4 is 0 Å². The Bertz CT molecular complexity index is 934. The van der Waals surface area contributed by atoms with E-state index < -0.39 is 5.97 Å². The number of hydrogen-bond donors (Lipinski definition) is 1. The molecule has 0 saturated carbocycles. The van der Waals surface area contributed by atoms with Gasteiger partial charge in [0.05, 0.1) is 0 Å². The average molecular weight is 665 g/mol. The molecule has 4 heteroatoms. The lowest BCUT2D eigenvalue weighted by Gasteiger charge is -2.17. The maximum Gasteiger partial charge on any atom is 0.306 e. The first-order valence-electron chi connectivity index (χ1n) is 19.6. The SMILES string of the molecule is CC/C=C\C/C=C\C/C=C\C/C=C\CCC(CCCCCCCC(=O)O)OC(=O)CCCCCCCCC/C=C\C/C=C\C/C=C\CC. The number of rotatable bonds is 34. The number of ether oxygens (including phenoxy) is 1. The van der Waals surface area contributed by atoms with Gasteiger partial charge in [0.15, 0.2) is 0 Å². The number of carboxylic acid groups (broad SMARTS) is 1. The summed E-state index contributed by atoms with van der Waals surface area (Å²) in [6.45, 7) is 4.31. The van der Waals surface area contributed by atoms with Gasteiger partial charge in [-0.1, -0.05) is 150 Å². The predicted octanol–water partition coefficient (Wildman–Crippen LogP) is 13.7. The second-order valence-corrected chi connectivity index (χ2v) is 12.7. The van der Waals surface area contributed by atoms with Crippen LogP contribution in [0.4, 0.5) is 0 Å². The molecule has 1 unspecified atom stereocenters. The summed E-state index contributed by atoms with van der Waals surface area (Å²) in [7, 11) is 0. The zero-order chi connectivity index (χ0) is 35.0. The van der Waals surface area contributed by atoms with Crippen molar-refractivity contribution in [3.63, 3.8) is 0 Å². The number of aliphatic carboxylic acids is 1. The van der Waals surface area contributed by atoms with Gasteiger partial charge in [-0.3, -0.25) is 9.59 Å². The third kappa shape index (κ3) is 37.6. The molecule has 0 rings (SSSR count). The number of carbonyl (C=O) groups excluding carboxylic acids is 1. The first-order valence-corrected chi connectivity index (χ1v) is 19.6. The normalized spacial score (nSPS) is 13.2. The summed E-state index contributed by atoms with van der Waals surface area (Å²) >= 11 is 0. The van der Waals surface area contributed by atoms with Gasteiger partial charge in [-0.2, -0.15) is 0 Å². The maximum absolute atomic E-state index is 12.7. The van der Waals surface area contributed by atoms with E-state index in [2.05, 4.69) is 98.9 Å². The topological polar surface area (TPSA) is 63.6 Å². The molecule has 1 atom stereocenters. The first kappa shape index (κ1) is 45.1. The molecule has 1 N–H and O–H groups in total. The van der Waals surface area contributed by atoms with Gasteiger partial charge in [0, 0.05) is 12.8 Å². The number of unbranched alkanes of at least 4 members (excludes halogenated alkanes) is 11. The highest BCUT2D eigenvalue weighted by Gasteiger charge is 2.13. The van der Waals surface area contributed by atoms with E-state index in [0.29, 0.717) is 6.42 Å². The maximum atomic E-state index is 12.7. The lowest BCUT2D eigenvalue weighted by atomic mass is 10.0. The molecule has 0 aromatic rings. The minimum Gasteiger partial charge on any atom is -0.481 e. The number of allylic oxidation sites excluding steroid dienone is 14. The third-order valence-electron chi connectivity index (χ3n) is 8.12. The summed E-state index contributed by atoms with van der Waals surface area (Å²) in [5.41, 5.74) is 0. The van der Waals surface area contributed by atoms with Crippen LogP contribution in [0.25, 0.3) is 0 Å². The molecule has 48 heavy (non-hydrogen) atoms. The molecule has 0 amide bonds. The van der Waals surface area contributed by atoms with E-state index >= 15 is 0 Å². The van der Waals surface area contributed by atoms with E-state index in [0.717, 1.165) is 109 Å². The van der Waals surface area contributed by atoms with Gasteiger partial charge in [-0.25, -0.2) is 0 Å². The van der Waals surface area contributed by atoms with Gasteiger partial charge in [0.1, 0.15) is 6.10 Å². The molecule has 272 valence electrons. The Kier molecular flexibility index (Phi) is 36.3. The summed E-state index contributed by atoms with van der Waals surface area (Å²) in [5, 5.41) is 8.82. The fourth-order valence-electron chi connectivity index (χ4n) is 5.31. The van der Waals surface area contributed by atoms with Gasteiger partial charge in [-0.15, -0.1) is 0 Å². The second-order valence-electron chi connectivity index (χ2n) is 12.7. The van der Waals surface area contributed by atoms with Crippen LogP contribution in [-0.4, -0.2) is 23.1 Å². The van der Waals surface area contributed by atoms with Gasteiger partial charge in [-0.05, 0) is 96.3 Å². The van der Waals surface area contributed by atoms with E-state index in [1.165, 1.54) is 38.5 Å². The number of carboxylic acids is 1. The number of hydrogen-bond acceptors (Lipinski definition) is 3. The Hall–Kier alpha value is -2.88. The van der Waals surface area contributed by atoms with Crippen LogP contribution >= 0.6 is 0 Å². The molecule has 0 spiro atoms.